The second kappa shape index (κ2) is 6.97. The number of hydrogen-bond acceptors (Lipinski definition) is 5. The second-order valence-corrected chi connectivity index (χ2v) is 4.83. The number of nitrogens with one attached hydrogen (secondary N) is 1. The van der Waals surface area contributed by atoms with Crippen molar-refractivity contribution < 1.29 is 24.2 Å². The van der Waals surface area contributed by atoms with Crippen molar-refractivity contribution in [2.75, 3.05) is 18.5 Å². The van der Waals surface area contributed by atoms with Crippen LogP contribution in [0.1, 0.15) is 43.0 Å². The van der Waals surface area contributed by atoms with Crippen molar-refractivity contribution in [3.63, 3.8) is 0 Å². The Bertz CT molecular complexity index is 541. The van der Waals surface area contributed by atoms with E-state index >= 15 is 0 Å². The third-order valence-corrected chi connectivity index (χ3v) is 3.18. The number of rotatable bonds is 6. The number of fused-ring (bicyclic) bond motifs is 1. The van der Waals surface area contributed by atoms with E-state index in [1.807, 2.05) is 6.92 Å². The molecular weight excluding hydrogens is 274 g/mol. The zero-order valence-electron chi connectivity index (χ0n) is 11.9. The average molecular weight is 292 g/mol. The predicted molar refractivity (Wildman–Crippen MR) is 74.5 cm³/mol. The Hall–Kier alpha value is -2.24. The molecule has 1 aliphatic heterocycles. The molecule has 0 saturated heterocycles. The largest absolute Gasteiger partial charge is 0.545 e. The van der Waals surface area contributed by atoms with Crippen molar-refractivity contribution in [3.05, 3.63) is 17.7 Å². The van der Waals surface area contributed by atoms with Crippen LogP contribution in [0.15, 0.2) is 12.1 Å². The van der Waals surface area contributed by atoms with Crippen LogP contribution in [0, 0.1) is 0 Å². The van der Waals surface area contributed by atoms with E-state index in [0.29, 0.717) is 31.1 Å². The Morgan fingerprint density at radius 3 is 2.48 bits per heavy atom. The minimum absolute atomic E-state index is 0.108. The van der Waals surface area contributed by atoms with Crippen LogP contribution in [0.5, 0.6) is 11.5 Å². The van der Waals surface area contributed by atoms with Gasteiger partial charge in [0.2, 0.25) is 5.91 Å². The molecule has 0 spiro atoms. The molecule has 6 heteroatoms. The fourth-order valence-electron chi connectivity index (χ4n) is 2.11. The minimum atomic E-state index is -1.36. The summed E-state index contributed by atoms with van der Waals surface area (Å²) in [4.78, 5) is 23.0. The molecule has 2 rings (SSSR count). The smallest absolute Gasteiger partial charge is 0.224 e. The standard InChI is InChI=1S/C15H19NO5/c1-2-3-4-5-14(17)16-11-9-13-12(20-6-7-21-13)8-10(11)15(18)19/h8-9H,2-7H2,1H3,(H,16,17)(H,18,19)/p-1. The Kier molecular flexibility index (Phi) is 5.03. The fraction of sp³-hybridized carbons (Fsp3) is 0.467. The van der Waals surface area contributed by atoms with Crippen molar-refractivity contribution in [1.29, 1.82) is 0 Å². The molecule has 1 aliphatic rings. The van der Waals surface area contributed by atoms with Crippen LogP contribution in [0.4, 0.5) is 5.69 Å². The molecule has 0 radical (unpaired) electrons. The van der Waals surface area contributed by atoms with E-state index in [9.17, 15) is 14.7 Å². The van der Waals surface area contributed by atoms with Gasteiger partial charge in [-0.25, -0.2) is 0 Å². The number of carbonyl (C=O) groups is 2. The molecule has 0 aromatic heterocycles. The van der Waals surface area contributed by atoms with Gasteiger partial charge in [0.25, 0.3) is 0 Å². The molecule has 1 amide bonds. The first-order valence-corrected chi connectivity index (χ1v) is 7.06. The van der Waals surface area contributed by atoms with Crippen LogP contribution < -0.4 is 19.9 Å². The predicted octanol–water partition coefficient (Wildman–Crippen LogP) is 1.34. The fourth-order valence-corrected chi connectivity index (χ4v) is 2.11. The number of ether oxygens (including phenoxy) is 2. The summed E-state index contributed by atoms with van der Waals surface area (Å²) in [7, 11) is 0. The van der Waals surface area contributed by atoms with Crippen LogP contribution >= 0.6 is 0 Å². The summed E-state index contributed by atoms with van der Waals surface area (Å²) in [5.41, 5.74) is 0.0730. The van der Waals surface area contributed by atoms with Gasteiger partial charge in [0.1, 0.15) is 13.2 Å². The maximum absolute atomic E-state index is 11.8. The Labute approximate surface area is 123 Å². The number of carboxylic acid groups (broad SMARTS) is 1. The van der Waals surface area contributed by atoms with E-state index in [1.165, 1.54) is 12.1 Å². The van der Waals surface area contributed by atoms with Gasteiger partial charge in [-0.3, -0.25) is 4.79 Å². The van der Waals surface area contributed by atoms with Crippen molar-refractivity contribution in [3.8, 4) is 11.5 Å². The number of carbonyl (C=O) groups excluding carboxylic acids is 2. The lowest BCUT2D eigenvalue weighted by molar-refractivity contribution is -0.254. The summed E-state index contributed by atoms with van der Waals surface area (Å²) >= 11 is 0. The molecule has 1 aromatic carbocycles. The highest BCUT2D eigenvalue weighted by molar-refractivity contribution is 6.00. The van der Waals surface area contributed by atoms with Crippen LogP contribution in [0.25, 0.3) is 0 Å². The summed E-state index contributed by atoms with van der Waals surface area (Å²) in [5.74, 6) is -0.807. The van der Waals surface area contributed by atoms with Crippen molar-refractivity contribution in [2.45, 2.75) is 32.6 Å². The third-order valence-electron chi connectivity index (χ3n) is 3.18. The van der Waals surface area contributed by atoms with Gasteiger partial charge in [0, 0.05) is 18.1 Å². The quantitative estimate of drug-likeness (QED) is 0.799. The van der Waals surface area contributed by atoms with Crippen molar-refractivity contribution >= 4 is 17.6 Å². The summed E-state index contributed by atoms with van der Waals surface area (Å²) in [6.07, 6.45) is 3.10. The van der Waals surface area contributed by atoms with Crippen molar-refractivity contribution in [2.24, 2.45) is 0 Å². The van der Waals surface area contributed by atoms with Crippen molar-refractivity contribution in [1.82, 2.24) is 0 Å². The van der Waals surface area contributed by atoms with Gasteiger partial charge in [-0.05, 0) is 12.5 Å². The van der Waals surface area contributed by atoms with Gasteiger partial charge >= 0.3 is 0 Å². The summed E-state index contributed by atoms with van der Waals surface area (Å²) in [5, 5.41) is 13.8. The number of unbranched alkanes of at least 4 members (excludes halogenated alkanes) is 2. The SMILES string of the molecule is CCCCCC(=O)Nc1cc2c(cc1C(=O)[O-])OCCO2. The lowest BCUT2D eigenvalue weighted by Crippen LogP contribution is -2.26. The number of hydrogen-bond donors (Lipinski definition) is 1. The molecule has 1 N–H and O–H groups in total. The molecule has 114 valence electrons. The van der Waals surface area contributed by atoms with Gasteiger partial charge in [0.05, 0.1) is 11.7 Å². The zero-order chi connectivity index (χ0) is 15.2. The minimum Gasteiger partial charge on any atom is -0.545 e. The second-order valence-electron chi connectivity index (χ2n) is 4.83. The molecule has 0 aliphatic carbocycles. The third kappa shape index (κ3) is 3.87. The number of benzene rings is 1. The lowest BCUT2D eigenvalue weighted by atomic mass is 10.1. The topological polar surface area (TPSA) is 87.7 Å². The Morgan fingerprint density at radius 2 is 1.86 bits per heavy atom. The first-order chi connectivity index (χ1) is 10.1. The zero-order valence-corrected chi connectivity index (χ0v) is 11.9. The Balaban J connectivity index is 2.17. The molecular formula is C15H18NO5-. The molecule has 0 bridgehead atoms. The summed E-state index contributed by atoms with van der Waals surface area (Å²) in [6, 6.07) is 2.79. The maximum Gasteiger partial charge on any atom is 0.224 e. The molecule has 1 heterocycles. The van der Waals surface area contributed by atoms with E-state index in [0.717, 1.165) is 19.3 Å². The number of anilines is 1. The molecule has 0 fully saturated rings. The normalized spacial score (nSPS) is 12.8. The van der Waals surface area contributed by atoms with E-state index in [2.05, 4.69) is 5.32 Å². The first-order valence-electron chi connectivity index (χ1n) is 7.06. The molecule has 0 atom stereocenters. The van der Waals surface area contributed by atoms with E-state index in [-0.39, 0.29) is 17.2 Å². The van der Waals surface area contributed by atoms with Gasteiger partial charge in [-0.2, -0.15) is 0 Å². The molecule has 21 heavy (non-hydrogen) atoms. The summed E-state index contributed by atoms with van der Waals surface area (Å²) < 4.78 is 10.7. The van der Waals surface area contributed by atoms with Crippen LogP contribution in [0.3, 0.4) is 0 Å². The van der Waals surface area contributed by atoms with Crippen LogP contribution in [0.2, 0.25) is 0 Å². The van der Waals surface area contributed by atoms with Crippen LogP contribution in [-0.4, -0.2) is 25.1 Å². The van der Waals surface area contributed by atoms with Crippen LogP contribution in [-0.2, 0) is 4.79 Å². The van der Waals surface area contributed by atoms with E-state index in [1.54, 1.807) is 0 Å². The summed E-state index contributed by atoms with van der Waals surface area (Å²) in [6.45, 7) is 2.80. The van der Waals surface area contributed by atoms with Gasteiger partial charge in [-0.15, -0.1) is 0 Å². The van der Waals surface area contributed by atoms with E-state index in [4.69, 9.17) is 9.47 Å². The average Bonchev–Trinajstić information content (AvgIpc) is 2.46. The highest BCUT2D eigenvalue weighted by Gasteiger charge is 2.17. The lowest BCUT2D eigenvalue weighted by Gasteiger charge is -2.21. The number of carboxylic acids is 1. The molecule has 6 nitrogen and oxygen atoms in total. The number of aromatic carboxylic acids is 1. The van der Waals surface area contributed by atoms with Gasteiger partial charge < -0.3 is 24.7 Å². The molecule has 0 saturated carbocycles. The molecule has 1 aromatic rings. The highest BCUT2D eigenvalue weighted by Crippen LogP contribution is 2.35. The number of amides is 1. The van der Waals surface area contributed by atoms with E-state index < -0.39 is 5.97 Å². The first kappa shape index (κ1) is 15.2. The Morgan fingerprint density at radius 1 is 1.19 bits per heavy atom. The van der Waals surface area contributed by atoms with Gasteiger partial charge in [-0.1, -0.05) is 19.8 Å². The monoisotopic (exact) mass is 292 g/mol. The maximum atomic E-state index is 11.8. The molecule has 0 unspecified atom stereocenters. The van der Waals surface area contributed by atoms with Gasteiger partial charge in [0.15, 0.2) is 11.5 Å². The highest BCUT2D eigenvalue weighted by atomic mass is 16.6.